The third-order valence-electron chi connectivity index (χ3n) is 5.38. The number of thioether (sulfide) groups is 1. The average Bonchev–Trinajstić information content (AvgIpc) is 2.72. The maximum Gasteiger partial charge on any atom is 0.220 e. The van der Waals surface area contributed by atoms with Gasteiger partial charge in [0.05, 0.1) is 6.54 Å². The molecule has 162 valence electrons. The van der Waals surface area contributed by atoms with Crippen molar-refractivity contribution in [3.63, 3.8) is 0 Å². The largest absolute Gasteiger partial charge is 0.369 e. The SMILES string of the molecule is CCNC(=NCc1ccc(C)cc1SC)NCCCCN1CCC(C(N)=O)CC1. The van der Waals surface area contributed by atoms with E-state index in [1.54, 1.807) is 11.8 Å². The minimum absolute atomic E-state index is 0.0759. The fourth-order valence-corrected chi connectivity index (χ4v) is 4.30. The van der Waals surface area contributed by atoms with Crippen molar-refractivity contribution in [3.8, 4) is 0 Å². The lowest BCUT2D eigenvalue weighted by molar-refractivity contribution is -0.123. The summed E-state index contributed by atoms with van der Waals surface area (Å²) in [5.74, 6) is 0.814. The number of aliphatic imine (C=N–C) groups is 1. The van der Waals surface area contributed by atoms with Crippen molar-refractivity contribution in [1.82, 2.24) is 15.5 Å². The van der Waals surface area contributed by atoms with Crippen molar-refractivity contribution in [1.29, 1.82) is 0 Å². The summed E-state index contributed by atoms with van der Waals surface area (Å²) in [5, 5.41) is 6.79. The van der Waals surface area contributed by atoms with Crippen LogP contribution in [0.3, 0.4) is 0 Å². The smallest absolute Gasteiger partial charge is 0.220 e. The van der Waals surface area contributed by atoms with Crippen LogP contribution in [0.5, 0.6) is 0 Å². The van der Waals surface area contributed by atoms with Gasteiger partial charge in [-0.25, -0.2) is 4.99 Å². The lowest BCUT2D eigenvalue weighted by atomic mass is 9.96. The summed E-state index contributed by atoms with van der Waals surface area (Å²) in [4.78, 5) is 19.8. The Balaban J connectivity index is 1.71. The van der Waals surface area contributed by atoms with Gasteiger partial charge in [-0.1, -0.05) is 12.1 Å². The van der Waals surface area contributed by atoms with Crippen LogP contribution in [-0.2, 0) is 11.3 Å². The highest BCUT2D eigenvalue weighted by Gasteiger charge is 2.22. The molecule has 1 heterocycles. The first-order valence-electron chi connectivity index (χ1n) is 10.7. The van der Waals surface area contributed by atoms with Crippen molar-refractivity contribution in [3.05, 3.63) is 29.3 Å². The third-order valence-corrected chi connectivity index (χ3v) is 6.20. The molecule has 7 heteroatoms. The molecule has 0 atom stereocenters. The van der Waals surface area contributed by atoms with Crippen LogP contribution in [0.15, 0.2) is 28.1 Å². The fraction of sp³-hybridized carbons (Fsp3) is 0.636. The van der Waals surface area contributed by atoms with Crippen molar-refractivity contribution >= 4 is 23.6 Å². The van der Waals surface area contributed by atoms with E-state index in [1.165, 1.54) is 16.0 Å². The summed E-state index contributed by atoms with van der Waals surface area (Å²) in [6.45, 7) is 9.71. The second-order valence-electron chi connectivity index (χ2n) is 7.66. The molecule has 1 aliphatic heterocycles. The molecule has 1 amide bonds. The lowest BCUT2D eigenvalue weighted by Gasteiger charge is -2.30. The number of carbonyl (C=O) groups is 1. The van der Waals surface area contributed by atoms with Crippen LogP contribution >= 0.6 is 11.8 Å². The highest BCUT2D eigenvalue weighted by atomic mass is 32.2. The van der Waals surface area contributed by atoms with Gasteiger partial charge in [-0.3, -0.25) is 4.79 Å². The van der Waals surface area contributed by atoms with E-state index in [1.807, 2.05) is 0 Å². The van der Waals surface area contributed by atoms with Crippen LogP contribution in [0, 0.1) is 12.8 Å². The number of aryl methyl sites for hydroxylation is 1. The Labute approximate surface area is 180 Å². The van der Waals surface area contributed by atoms with Gasteiger partial charge in [0.2, 0.25) is 5.91 Å². The second kappa shape index (κ2) is 12.8. The van der Waals surface area contributed by atoms with Gasteiger partial charge < -0.3 is 21.3 Å². The van der Waals surface area contributed by atoms with E-state index in [0.717, 1.165) is 64.4 Å². The zero-order valence-electron chi connectivity index (χ0n) is 18.2. The van der Waals surface area contributed by atoms with Crippen molar-refractivity contribution in [2.24, 2.45) is 16.6 Å². The van der Waals surface area contributed by atoms with Gasteiger partial charge in [-0.15, -0.1) is 11.8 Å². The molecule has 0 aliphatic carbocycles. The fourth-order valence-electron chi connectivity index (χ4n) is 3.60. The van der Waals surface area contributed by atoms with Gasteiger partial charge in [-0.2, -0.15) is 0 Å². The second-order valence-corrected chi connectivity index (χ2v) is 8.51. The molecule has 0 radical (unpaired) electrons. The zero-order valence-corrected chi connectivity index (χ0v) is 19.0. The van der Waals surface area contributed by atoms with Crippen LogP contribution in [0.25, 0.3) is 0 Å². The molecule has 0 bridgehead atoms. The maximum absolute atomic E-state index is 11.2. The molecule has 1 saturated heterocycles. The van der Waals surface area contributed by atoms with Crippen molar-refractivity contribution in [2.75, 3.05) is 39.0 Å². The summed E-state index contributed by atoms with van der Waals surface area (Å²) in [5.41, 5.74) is 7.95. The number of rotatable bonds is 10. The molecule has 0 unspecified atom stereocenters. The number of amides is 1. The van der Waals surface area contributed by atoms with Crippen LogP contribution in [0.2, 0.25) is 0 Å². The highest BCUT2D eigenvalue weighted by molar-refractivity contribution is 7.98. The number of benzene rings is 1. The molecule has 0 spiro atoms. The van der Waals surface area contributed by atoms with Crippen LogP contribution < -0.4 is 16.4 Å². The molecule has 0 aromatic heterocycles. The predicted molar refractivity (Wildman–Crippen MR) is 123 cm³/mol. The van der Waals surface area contributed by atoms with E-state index >= 15 is 0 Å². The normalized spacial score (nSPS) is 16.0. The maximum atomic E-state index is 11.2. The first-order valence-corrected chi connectivity index (χ1v) is 11.9. The first-order chi connectivity index (χ1) is 14.0. The number of hydrogen-bond donors (Lipinski definition) is 3. The molecular weight excluding hydrogens is 382 g/mol. The van der Waals surface area contributed by atoms with E-state index in [-0.39, 0.29) is 11.8 Å². The van der Waals surface area contributed by atoms with Gasteiger partial charge >= 0.3 is 0 Å². The number of primary amides is 1. The third kappa shape index (κ3) is 8.26. The number of nitrogens with zero attached hydrogens (tertiary/aromatic N) is 2. The Kier molecular flexibility index (Phi) is 10.4. The standard InChI is InChI=1S/C22H37N5OS/c1-4-24-22(26-16-19-8-7-17(2)15-20(19)29-3)25-11-5-6-12-27-13-9-18(10-14-27)21(23)28/h7-8,15,18H,4-6,9-14,16H2,1-3H3,(H2,23,28)(H2,24,25,26). The van der Waals surface area contributed by atoms with Crippen LogP contribution in [-0.4, -0.2) is 55.7 Å². The number of hydrogen-bond acceptors (Lipinski definition) is 4. The molecule has 1 aromatic carbocycles. The number of nitrogens with one attached hydrogen (secondary N) is 2. The molecule has 4 N–H and O–H groups in total. The van der Waals surface area contributed by atoms with Gasteiger partial charge in [0.25, 0.3) is 0 Å². The zero-order chi connectivity index (χ0) is 21.1. The van der Waals surface area contributed by atoms with Crippen LogP contribution in [0.4, 0.5) is 0 Å². The average molecular weight is 420 g/mol. The monoisotopic (exact) mass is 419 g/mol. The van der Waals surface area contributed by atoms with Gasteiger partial charge in [0.15, 0.2) is 5.96 Å². The Morgan fingerprint density at radius 3 is 2.69 bits per heavy atom. The molecule has 2 rings (SSSR count). The van der Waals surface area contributed by atoms with E-state index in [2.05, 4.69) is 53.8 Å². The number of guanidine groups is 1. The minimum atomic E-state index is -0.139. The molecule has 0 saturated carbocycles. The van der Waals surface area contributed by atoms with Crippen LogP contribution in [0.1, 0.15) is 43.7 Å². The molecule has 6 nitrogen and oxygen atoms in total. The highest BCUT2D eigenvalue weighted by Crippen LogP contribution is 2.22. The summed E-state index contributed by atoms with van der Waals surface area (Å²) < 4.78 is 0. The van der Waals surface area contributed by atoms with Gasteiger partial charge in [0.1, 0.15) is 0 Å². The van der Waals surface area contributed by atoms with E-state index in [4.69, 9.17) is 10.7 Å². The Bertz CT molecular complexity index is 671. The van der Waals surface area contributed by atoms with Gasteiger partial charge in [-0.05, 0) is 82.6 Å². The summed E-state index contributed by atoms with van der Waals surface area (Å²) in [6, 6.07) is 6.55. The van der Waals surface area contributed by atoms with Crippen molar-refractivity contribution < 1.29 is 4.79 Å². The lowest BCUT2D eigenvalue weighted by Crippen LogP contribution is -2.39. The molecule has 29 heavy (non-hydrogen) atoms. The Hall–Kier alpha value is -1.73. The summed E-state index contributed by atoms with van der Waals surface area (Å²) >= 11 is 1.77. The summed E-state index contributed by atoms with van der Waals surface area (Å²) in [7, 11) is 0. The number of nitrogens with two attached hydrogens (primary N) is 1. The van der Waals surface area contributed by atoms with E-state index in [9.17, 15) is 4.79 Å². The number of carbonyl (C=O) groups excluding carboxylic acids is 1. The molecule has 1 fully saturated rings. The number of likely N-dealkylation sites (tertiary alicyclic amines) is 1. The molecular formula is C22H37N5OS. The minimum Gasteiger partial charge on any atom is -0.369 e. The quantitative estimate of drug-likeness (QED) is 0.235. The number of piperidine rings is 1. The van der Waals surface area contributed by atoms with Crippen molar-refractivity contribution in [2.45, 2.75) is 51.0 Å². The Morgan fingerprint density at radius 1 is 1.28 bits per heavy atom. The number of unbranched alkanes of at least 4 members (excludes halogenated alkanes) is 1. The van der Waals surface area contributed by atoms with E-state index < -0.39 is 0 Å². The van der Waals surface area contributed by atoms with Gasteiger partial charge in [0, 0.05) is 23.9 Å². The first kappa shape index (κ1) is 23.5. The van der Waals surface area contributed by atoms with E-state index in [0.29, 0.717) is 6.54 Å². The predicted octanol–water partition coefficient (Wildman–Crippen LogP) is 2.75. The summed E-state index contributed by atoms with van der Waals surface area (Å²) in [6.07, 6.45) is 6.16. The Morgan fingerprint density at radius 2 is 2.03 bits per heavy atom. The topological polar surface area (TPSA) is 82.8 Å². The molecule has 1 aromatic rings. The molecule has 1 aliphatic rings.